The van der Waals surface area contributed by atoms with Gasteiger partial charge < -0.3 is 5.73 Å². The van der Waals surface area contributed by atoms with Crippen molar-refractivity contribution in [2.75, 3.05) is 6.54 Å². The molecule has 3 atom stereocenters. The molecule has 0 heterocycles. The van der Waals surface area contributed by atoms with Crippen LogP contribution < -0.4 is 5.73 Å². The molecule has 0 aromatic heterocycles. The van der Waals surface area contributed by atoms with E-state index >= 15 is 0 Å². The minimum atomic E-state index is 0.313. The van der Waals surface area contributed by atoms with Crippen LogP contribution in [0.5, 0.6) is 0 Å². The Balaban J connectivity index is 4.06. The Morgan fingerprint density at radius 1 is 1.08 bits per heavy atom. The van der Waals surface area contributed by atoms with E-state index < -0.39 is 0 Å². The predicted octanol–water partition coefficient (Wildman–Crippen LogP) is 2.23. The summed E-state index contributed by atoms with van der Waals surface area (Å²) in [6.45, 7) is 12.2. The molecular weight excluding hydrogens is 160 g/mol. The summed E-state index contributed by atoms with van der Waals surface area (Å²) in [7, 11) is 0. The summed E-state index contributed by atoms with van der Waals surface area (Å²) in [6.07, 6.45) is 2.31. The highest BCUT2D eigenvalue weighted by Gasteiger charge is 2.17. The summed E-state index contributed by atoms with van der Waals surface area (Å²) in [5.74, 6) is 0. The average Bonchev–Trinajstić information content (AvgIpc) is 2.03. The summed E-state index contributed by atoms with van der Waals surface area (Å²) >= 11 is 0. The molecule has 2 heteroatoms. The van der Waals surface area contributed by atoms with Crippen molar-refractivity contribution < 1.29 is 0 Å². The van der Waals surface area contributed by atoms with E-state index in [1.807, 2.05) is 0 Å². The van der Waals surface area contributed by atoms with Crippen molar-refractivity contribution in [3.8, 4) is 0 Å². The Morgan fingerprint density at radius 3 is 1.92 bits per heavy atom. The fraction of sp³-hybridized carbons (Fsp3) is 1.00. The van der Waals surface area contributed by atoms with E-state index in [0.717, 1.165) is 13.0 Å². The molecule has 0 bridgehead atoms. The zero-order valence-corrected chi connectivity index (χ0v) is 9.88. The lowest BCUT2D eigenvalue weighted by Gasteiger charge is -2.34. The Kier molecular flexibility index (Phi) is 6.35. The van der Waals surface area contributed by atoms with E-state index in [2.05, 4.69) is 39.5 Å². The number of rotatable bonds is 6. The average molecular weight is 186 g/mol. The minimum absolute atomic E-state index is 0.313. The molecule has 0 spiro atoms. The van der Waals surface area contributed by atoms with Crippen molar-refractivity contribution in [1.29, 1.82) is 0 Å². The Morgan fingerprint density at radius 2 is 1.62 bits per heavy atom. The van der Waals surface area contributed by atoms with E-state index in [4.69, 9.17) is 5.73 Å². The fourth-order valence-electron chi connectivity index (χ4n) is 1.97. The van der Waals surface area contributed by atoms with E-state index in [0.29, 0.717) is 18.1 Å². The third kappa shape index (κ3) is 4.63. The molecule has 2 N–H and O–H groups in total. The molecule has 0 aliphatic rings. The van der Waals surface area contributed by atoms with Gasteiger partial charge in [-0.1, -0.05) is 13.8 Å². The van der Waals surface area contributed by atoms with Gasteiger partial charge in [-0.3, -0.25) is 4.90 Å². The van der Waals surface area contributed by atoms with Crippen LogP contribution in [-0.4, -0.2) is 29.6 Å². The molecule has 2 nitrogen and oxygen atoms in total. The number of hydrogen-bond acceptors (Lipinski definition) is 2. The first-order valence-corrected chi connectivity index (χ1v) is 5.54. The Hall–Kier alpha value is -0.0800. The molecule has 0 aromatic carbocycles. The molecular formula is C11H26N2. The standard InChI is InChI=1S/C11H26N2/c1-6-10(4)13(7-2)11(5)8-9(3)12/h9-11H,6-8,12H2,1-5H3. The van der Waals surface area contributed by atoms with Crippen molar-refractivity contribution in [1.82, 2.24) is 4.90 Å². The second-order valence-electron chi connectivity index (χ2n) is 4.15. The second-order valence-corrected chi connectivity index (χ2v) is 4.15. The van der Waals surface area contributed by atoms with Crippen molar-refractivity contribution >= 4 is 0 Å². The van der Waals surface area contributed by atoms with Crippen molar-refractivity contribution in [2.24, 2.45) is 5.73 Å². The SMILES string of the molecule is CCC(C)N(CC)C(C)CC(C)N. The summed E-state index contributed by atoms with van der Waals surface area (Å²) in [4.78, 5) is 2.53. The lowest BCUT2D eigenvalue weighted by Crippen LogP contribution is -2.42. The van der Waals surface area contributed by atoms with E-state index in [-0.39, 0.29) is 0 Å². The van der Waals surface area contributed by atoms with Gasteiger partial charge in [0.25, 0.3) is 0 Å². The van der Waals surface area contributed by atoms with Crippen LogP contribution >= 0.6 is 0 Å². The maximum absolute atomic E-state index is 5.80. The summed E-state index contributed by atoms with van der Waals surface area (Å²) in [5, 5.41) is 0. The highest BCUT2D eigenvalue weighted by atomic mass is 15.2. The van der Waals surface area contributed by atoms with E-state index in [1.165, 1.54) is 6.42 Å². The van der Waals surface area contributed by atoms with Gasteiger partial charge in [0.1, 0.15) is 0 Å². The normalized spacial score (nSPS) is 18.7. The highest BCUT2D eigenvalue weighted by Crippen LogP contribution is 2.11. The van der Waals surface area contributed by atoms with Crippen LogP contribution in [0.15, 0.2) is 0 Å². The maximum Gasteiger partial charge on any atom is 0.00842 e. The molecule has 0 saturated heterocycles. The van der Waals surface area contributed by atoms with Crippen LogP contribution in [0.25, 0.3) is 0 Å². The molecule has 0 aliphatic heterocycles. The first-order chi connectivity index (χ1) is 6.02. The van der Waals surface area contributed by atoms with Gasteiger partial charge in [0.05, 0.1) is 0 Å². The third-order valence-electron chi connectivity index (χ3n) is 2.80. The molecule has 0 fully saturated rings. The Labute approximate surface area is 83.5 Å². The molecule has 0 radical (unpaired) electrons. The predicted molar refractivity (Wildman–Crippen MR) is 59.9 cm³/mol. The van der Waals surface area contributed by atoms with Gasteiger partial charge in [0.2, 0.25) is 0 Å². The molecule has 0 aromatic rings. The zero-order valence-electron chi connectivity index (χ0n) is 9.88. The van der Waals surface area contributed by atoms with Crippen molar-refractivity contribution in [2.45, 2.75) is 65.6 Å². The molecule has 0 rings (SSSR count). The van der Waals surface area contributed by atoms with Crippen LogP contribution in [0.4, 0.5) is 0 Å². The van der Waals surface area contributed by atoms with Gasteiger partial charge in [0.15, 0.2) is 0 Å². The van der Waals surface area contributed by atoms with Crippen molar-refractivity contribution in [3.63, 3.8) is 0 Å². The topological polar surface area (TPSA) is 29.3 Å². The van der Waals surface area contributed by atoms with Crippen LogP contribution in [0.1, 0.15) is 47.5 Å². The first-order valence-electron chi connectivity index (χ1n) is 5.54. The number of nitrogens with zero attached hydrogens (tertiary/aromatic N) is 1. The summed E-state index contributed by atoms with van der Waals surface area (Å²) in [5.41, 5.74) is 5.80. The van der Waals surface area contributed by atoms with Gasteiger partial charge in [-0.2, -0.15) is 0 Å². The quantitative estimate of drug-likeness (QED) is 0.689. The Bertz CT molecular complexity index is 123. The van der Waals surface area contributed by atoms with Gasteiger partial charge in [-0.15, -0.1) is 0 Å². The number of hydrogen-bond donors (Lipinski definition) is 1. The lowest BCUT2D eigenvalue weighted by atomic mass is 10.1. The minimum Gasteiger partial charge on any atom is -0.328 e. The largest absolute Gasteiger partial charge is 0.328 e. The second kappa shape index (κ2) is 6.39. The summed E-state index contributed by atoms with van der Waals surface area (Å²) in [6, 6.07) is 1.60. The third-order valence-corrected chi connectivity index (χ3v) is 2.80. The van der Waals surface area contributed by atoms with Crippen molar-refractivity contribution in [3.05, 3.63) is 0 Å². The monoisotopic (exact) mass is 186 g/mol. The van der Waals surface area contributed by atoms with Gasteiger partial charge in [0, 0.05) is 18.1 Å². The van der Waals surface area contributed by atoms with Crippen LogP contribution in [0.3, 0.4) is 0 Å². The van der Waals surface area contributed by atoms with Gasteiger partial charge >= 0.3 is 0 Å². The number of nitrogens with two attached hydrogens (primary N) is 1. The zero-order chi connectivity index (χ0) is 10.4. The van der Waals surface area contributed by atoms with Crippen LogP contribution in [0, 0.1) is 0 Å². The fourth-order valence-corrected chi connectivity index (χ4v) is 1.97. The van der Waals surface area contributed by atoms with Crippen LogP contribution in [-0.2, 0) is 0 Å². The lowest BCUT2D eigenvalue weighted by molar-refractivity contribution is 0.147. The van der Waals surface area contributed by atoms with Gasteiger partial charge in [-0.05, 0) is 40.2 Å². The molecule has 80 valence electrons. The molecule has 3 unspecified atom stereocenters. The van der Waals surface area contributed by atoms with E-state index in [9.17, 15) is 0 Å². The molecule has 0 amide bonds. The van der Waals surface area contributed by atoms with Crippen LogP contribution in [0.2, 0.25) is 0 Å². The maximum atomic E-state index is 5.80. The van der Waals surface area contributed by atoms with E-state index in [1.54, 1.807) is 0 Å². The van der Waals surface area contributed by atoms with Gasteiger partial charge in [-0.25, -0.2) is 0 Å². The molecule has 0 aliphatic carbocycles. The molecule has 13 heavy (non-hydrogen) atoms. The molecule has 0 saturated carbocycles. The highest BCUT2D eigenvalue weighted by molar-refractivity contribution is 4.74. The summed E-state index contributed by atoms with van der Waals surface area (Å²) < 4.78 is 0. The first kappa shape index (κ1) is 12.9. The smallest absolute Gasteiger partial charge is 0.00842 e.